The molecule has 2 heterocycles. The molecule has 1 amide bonds. The molecular formula is C24H31N3O5S2. The van der Waals surface area contributed by atoms with Crippen LogP contribution in [0.4, 0.5) is 5.69 Å². The van der Waals surface area contributed by atoms with Crippen LogP contribution in [0, 0.1) is 11.8 Å². The molecule has 0 spiro atoms. The number of carbonyl (C=O) groups is 1. The number of hydrogen-bond donors (Lipinski definition) is 1. The van der Waals surface area contributed by atoms with E-state index >= 15 is 0 Å². The van der Waals surface area contributed by atoms with Crippen molar-refractivity contribution in [1.29, 1.82) is 0 Å². The number of anilines is 1. The minimum atomic E-state index is -3.61. The van der Waals surface area contributed by atoms with Crippen LogP contribution in [0.2, 0.25) is 0 Å². The number of carbonyl (C=O) groups excluding carboxylic acids is 1. The number of nitrogens with one attached hydrogen (secondary N) is 1. The Balaban J connectivity index is 1.43. The van der Waals surface area contributed by atoms with Crippen LogP contribution < -0.4 is 5.32 Å². The van der Waals surface area contributed by atoms with Crippen LogP contribution in [0.5, 0.6) is 0 Å². The lowest BCUT2D eigenvalue weighted by molar-refractivity contribution is 0.102. The van der Waals surface area contributed by atoms with Crippen molar-refractivity contribution in [3.63, 3.8) is 0 Å². The number of piperidine rings is 1. The van der Waals surface area contributed by atoms with Crippen LogP contribution >= 0.6 is 0 Å². The lowest BCUT2D eigenvalue weighted by atomic mass is 9.94. The first kappa shape index (κ1) is 24.8. The number of rotatable bonds is 6. The van der Waals surface area contributed by atoms with Crippen LogP contribution in [-0.4, -0.2) is 57.5 Å². The first-order chi connectivity index (χ1) is 16.1. The third kappa shape index (κ3) is 5.19. The standard InChI is InChI=1S/C24H31N3O5S2/c1-18-15-19(2)17-27(16-18)34(31,32)22-9-5-20(6-10-22)24(28)25-21-7-11-23(12-8-21)33(29,30)26-13-3-4-14-26/h5-12,18-19H,3-4,13-17H2,1-2H3,(H,25,28)/t18-,19-/m0/s1. The third-order valence-corrected chi connectivity index (χ3v) is 10.2. The summed E-state index contributed by atoms with van der Waals surface area (Å²) in [7, 11) is -7.13. The number of nitrogens with zero attached hydrogens (tertiary/aromatic N) is 2. The molecule has 0 unspecified atom stereocenters. The lowest BCUT2D eigenvalue weighted by Gasteiger charge is -2.34. The van der Waals surface area contributed by atoms with Gasteiger partial charge in [0.1, 0.15) is 0 Å². The van der Waals surface area contributed by atoms with Gasteiger partial charge in [0, 0.05) is 37.4 Å². The van der Waals surface area contributed by atoms with E-state index < -0.39 is 26.0 Å². The van der Waals surface area contributed by atoms with E-state index in [1.165, 1.54) is 45.0 Å². The average molecular weight is 506 g/mol. The summed E-state index contributed by atoms with van der Waals surface area (Å²) >= 11 is 0. The molecule has 0 bridgehead atoms. The number of sulfonamides is 2. The van der Waals surface area contributed by atoms with Crippen LogP contribution in [0.25, 0.3) is 0 Å². The van der Waals surface area contributed by atoms with E-state index in [1.54, 1.807) is 12.1 Å². The molecule has 2 aliphatic rings. The number of benzene rings is 2. The van der Waals surface area contributed by atoms with Crippen molar-refractivity contribution < 1.29 is 21.6 Å². The summed E-state index contributed by atoms with van der Waals surface area (Å²) < 4.78 is 54.3. The predicted octanol–water partition coefficient (Wildman–Crippen LogP) is 3.39. The highest BCUT2D eigenvalue weighted by molar-refractivity contribution is 7.89. The van der Waals surface area contributed by atoms with Gasteiger partial charge in [-0.05, 0) is 79.6 Å². The van der Waals surface area contributed by atoms with Gasteiger partial charge in [-0.1, -0.05) is 13.8 Å². The minimum absolute atomic E-state index is 0.168. The average Bonchev–Trinajstić information content (AvgIpc) is 3.35. The SMILES string of the molecule is C[C@H]1C[C@H](C)CN(S(=O)(=O)c2ccc(C(=O)Nc3ccc(S(=O)(=O)N4CCCC4)cc3)cc2)C1. The van der Waals surface area contributed by atoms with E-state index in [2.05, 4.69) is 19.2 Å². The van der Waals surface area contributed by atoms with E-state index in [0.29, 0.717) is 49.3 Å². The molecule has 2 aromatic rings. The summed E-state index contributed by atoms with van der Waals surface area (Å²) in [5.41, 5.74) is 0.770. The maximum absolute atomic E-state index is 13.0. The summed E-state index contributed by atoms with van der Waals surface area (Å²) in [6.07, 6.45) is 2.74. The Morgan fingerprint density at radius 1 is 0.765 bits per heavy atom. The van der Waals surface area contributed by atoms with Gasteiger partial charge in [0.2, 0.25) is 20.0 Å². The zero-order valence-corrected chi connectivity index (χ0v) is 21.1. The molecule has 2 aliphatic heterocycles. The molecule has 0 aliphatic carbocycles. The van der Waals surface area contributed by atoms with E-state index in [9.17, 15) is 21.6 Å². The molecule has 8 nitrogen and oxygen atoms in total. The Hall–Kier alpha value is -2.27. The monoisotopic (exact) mass is 505 g/mol. The molecule has 184 valence electrons. The maximum atomic E-state index is 13.0. The molecule has 1 N–H and O–H groups in total. The smallest absolute Gasteiger partial charge is 0.255 e. The molecule has 34 heavy (non-hydrogen) atoms. The van der Waals surface area contributed by atoms with Gasteiger partial charge in [-0.15, -0.1) is 0 Å². The van der Waals surface area contributed by atoms with Gasteiger partial charge in [0.15, 0.2) is 0 Å². The Kier molecular flexibility index (Phi) is 7.14. The number of amides is 1. The summed E-state index contributed by atoms with van der Waals surface area (Å²) in [6.45, 7) is 6.17. The highest BCUT2D eigenvalue weighted by atomic mass is 32.2. The molecule has 2 atom stereocenters. The van der Waals surface area contributed by atoms with Crippen molar-refractivity contribution in [2.24, 2.45) is 11.8 Å². The fraction of sp³-hybridized carbons (Fsp3) is 0.458. The van der Waals surface area contributed by atoms with Gasteiger partial charge >= 0.3 is 0 Å². The van der Waals surface area contributed by atoms with Crippen molar-refractivity contribution in [2.75, 3.05) is 31.5 Å². The Bertz CT molecular complexity index is 1230. The summed E-state index contributed by atoms with van der Waals surface area (Å²) in [4.78, 5) is 13.0. The zero-order valence-electron chi connectivity index (χ0n) is 19.5. The van der Waals surface area contributed by atoms with Gasteiger partial charge < -0.3 is 5.32 Å². The molecule has 2 aromatic carbocycles. The topological polar surface area (TPSA) is 104 Å². The fourth-order valence-corrected chi connectivity index (χ4v) is 7.92. The van der Waals surface area contributed by atoms with Gasteiger partial charge in [0.05, 0.1) is 9.79 Å². The molecule has 0 aromatic heterocycles. The minimum Gasteiger partial charge on any atom is -0.322 e. The normalized spacial score (nSPS) is 22.5. The van der Waals surface area contributed by atoms with Gasteiger partial charge in [-0.3, -0.25) is 4.79 Å². The highest BCUT2D eigenvalue weighted by Gasteiger charge is 2.32. The van der Waals surface area contributed by atoms with Gasteiger partial charge in [0.25, 0.3) is 5.91 Å². The highest BCUT2D eigenvalue weighted by Crippen LogP contribution is 2.27. The van der Waals surface area contributed by atoms with Gasteiger partial charge in [-0.25, -0.2) is 16.8 Å². The summed E-state index contributed by atoms with van der Waals surface area (Å²) in [5.74, 6) is 0.208. The Morgan fingerprint density at radius 3 is 1.76 bits per heavy atom. The lowest BCUT2D eigenvalue weighted by Crippen LogP contribution is -2.42. The second-order valence-corrected chi connectivity index (χ2v) is 13.3. The van der Waals surface area contributed by atoms with Crippen molar-refractivity contribution in [2.45, 2.75) is 42.9 Å². The number of hydrogen-bond acceptors (Lipinski definition) is 5. The molecule has 4 rings (SSSR count). The van der Waals surface area contributed by atoms with Crippen molar-refractivity contribution in [1.82, 2.24) is 8.61 Å². The van der Waals surface area contributed by atoms with Crippen LogP contribution in [0.15, 0.2) is 58.3 Å². The van der Waals surface area contributed by atoms with Crippen molar-refractivity contribution >= 4 is 31.6 Å². The molecule has 2 fully saturated rings. The fourth-order valence-electron chi connectivity index (χ4n) is 4.72. The van der Waals surface area contributed by atoms with Crippen LogP contribution in [0.3, 0.4) is 0 Å². The maximum Gasteiger partial charge on any atom is 0.255 e. The van der Waals surface area contributed by atoms with Crippen LogP contribution in [0.1, 0.15) is 43.5 Å². The quantitative estimate of drug-likeness (QED) is 0.648. The van der Waals surface area contributed by atoms with Crippen molar-refractivity contribution in [3.05, 3.63) is 54.1 Å². The second-order valence-electron chi connectivity index (χ2n) is 9.38. The first-order valence-electron chi connectivity index (χ1n) is 11.6. The molecular weight excluding hydrogens is 474 g/mol. The first-order valence-corrected chi connectivity index (χ1v) is 14.5. The van der Waals surface area contributed by atoms with E-state index in [0.717, 1.165) is 19.3 Å². The molecule has 10 heteroatoms. The molecule has 0 radical (unpaired) electrons. The van der Waals surface area contributed by atoms with E-state index in [4.69, 9.17) is 0 Å². The molecule has 0 saturated carbocycles. The largest absolute Gasteiger partial charge is 0.322 e. The molecule has 2 saturated heterocycles. The second kappa shape index (κ2) is 9.77. The Morgan fingerprint density at radius 2 is 1.24 bits per heavy atom. The Labute approximate surface area is 202 Å². The third-order valence-electron chi connectivity index (χ3n) is 6.40. The van der Waals surface area contributed by atoms with Crippen LogP contribution in [-0.2, 0) is 20.0 Å². The summed E-state index contributed by atoms with van der Waals surface area (Å²) in [6, 6.07) is 12.0. The van der Waals surface area contributed by atoms with Crippen molar-refractivity contribution in [3.8, 4) is 0 Å². The zero-order chi connectivity index (χ0) is 24.5. The van der Waals surface area contributed by atoms with E-state index in [-0.39, 0.29) is 9.79 Å². The van der Waals surface area contributed by atoms with Gasteiger partial charge in [-0.2, -0.15) is 8.61 Å². The predicted molar refractivity (Wildman–Crippen MR) is 131 cm³/mol. The summed E-state index contributed by atoms with van der Waals surface area (Å²) in [5, 5.41) is 2.73. The van der Waals surface area contributed by atoms with E-state index in [1.807, 2.05) is 0 Å².